The Morgan fingerprint density at radius 1 is 0.830 bits per heavy atom. The summed E-state index contributed by atoms with van der Waals surface area (Å²) in [5.41, 5.74) is 5.47. The molecule has 0 atom stereocenters. The van der Waals surface area contributed by atoms with Crippen LogP contribution in [0.4, 0.5) is 4.39 Å². The van der Waals surface area contributed by atoms with Gasteiger partial charge in [0.1, 0.15) is 29.7 Å². The number of pyridine rings is 1. The summed E-state index contributed by atoms with van der Waals surface area (Å²) in [4.78, 5) is 21.5. The minimum absolute atomic E-state index is 0. The van der Waals surface area contributed by atoms with Crippen molar-refractivity contribution in [3.8, 4) is 23.1 Å². The minimum Gasteiger partial charge on any atom is -0.493 e. The zero-order valence-corrected chi connectivity index (χ0v) is 31.5. The van der Waals surface area contributed by atoms with E-state index in [-0.39, 0.29) is 24.1 Å². The van der Waals surface area contributed by atoms with Crippen LogP contribution in [0.25, 0.3) is 6.08 Å². The Kier molecular flexibility index (Phi) is 14.3. The number of hydrogen-bond donors (Lipinski definition) is 0. The summed E-state index contributed by atoms with van der Waals surface area (Å²) in [6, 6.07) is 32.0. The number of piperazine rings is 1. The molecule has 7 nitrogen and oxygen atoms in total. The third-order valence-electron chi connectivity index (χ3n) is 8.94. The van der Waals surface area contributed by atoms with E-state index >= 15 is 0 Å². The molecule has 6 rings (SSSR count). The molecule has 1 aliphatic heterocycles. The molecule has 0 aliphatic carbocycles. The van der Waals surface area contributed by atoms with E-state index in [4.69, 9.17) is 25.8 Å². The number of ether oxygens (including phenoxy) is 3. The molecular weight excluding hydrogens is 712 g/mol. The van der Waals surface area contributed by atoms with E-state index in [1.807, 2.05) is 23.1 Å². The van der Waals surface area contributed by atoms with E-state index in [1.165, 1.54) is 28.8 Å². The fraction of sp³-hybridized carbons (Fsp3) is 0.256. The quantitative estimate of drug-likeness (QED) is 0.105. The number of rotatable bonds is 14. The number of aromatic nitrogens is 1. The molecule has 0 bridgehead atoms. The van der Waals surface area contributed by atoms with Crippen molar-refractivity contribution in [3.63, 3.8) is 0 Å². The second kappa shape index (κ2) is 19.3. The average Bonchev–Trinajstić information content (AvgIpc) is 3.16. The summed E-state index contributed by atoms with van der Waals surface area (Å²) in [7, 11) is 0. The topological polar surface area (TPSA) is 64.1 Å². The van der Waals surface area contributed by atoms with Gasteiger partial charge in [0, 0.05) is 51.3 Å². The van der Waals surface area contributed by atoms with Crippen molar-refractivity contribution in [2.75, 3.05) is 32.8 Å². The van der Waals surface area contributed by atoms with Crippen LogP contribution in [-0.2, 0) is 24.4 Å². The first-order valence-corrected chi connectivity index (χ1v) is 18.0. The maximum Gasteiger partial charge on any atom is 0.246 e. The summed E-state index contributed by atoms with van der Waals surface area (Å²) in [5.74, 6) is 2.47. The van der Waals surface area contributed by atoms with Crippen LogP contribution in [-0.4, -0.2) is 53.5 Å². The molecule has 1 aromatic heterocycles. The first-order chi connectivity index (χ1) is 25.3. The third-order valence-corrected chi connectivity index (χ3v) is 9.23. The molecule has 0 radical (unpaired) electrons. The summed E-state index contributed by atoms with van der Waals surface area (Å²) < 4.78 is 30.6. The van der Waals surface area contributed by atoms with Crippen LogP contribution in [0.2, 0.25) is 5.02 Å². The van der Waals surface area contributed by atoms with Gasteiger partial charge in [-0.3, -0.25) is 9.69 Å². The number of nitrogens with zero attached hydrogens (tertiary/aromatic N) is 3. The zero-order chi connectivity index (χ0) is 36.3. The van der Waals surface area contributed by atoms with Crippen molar-refractivity contribution in [2.24, 2.45) is 0 Å². The van der Waals surface area contributed by atoms with Gasteiger partial charge in [0.15, 0.2) is 0 Å². The van der Waals surface area contributed by atoms with Gasteiger partial charge < -0.3 is 19.1 Å². The van der Waals surface area contributed by atoms with Crippen molar-refractivity contribution < 1.29 is 23.4 Å². The van der Waals surface area contributed by atoms with Crippen molar-refractivity contribution in [1.29, 1.82) is 0 Å². The molecule has 4 aromatic carbocycles. The van der Waals surface area contributed by atoms with Gasteiger partial charge in [0.05, 0.1) is 17.8 Å². The average molecular weight is 757 g/mol. The first kappa shape index (κ1) is 39.3. The van der Waals surface area contributed by atoms with Gasteiger partial charge in [-0.15, -0.1) is 12.4 Å². The molecule has 0 spiro atoms. The van der Waals surface area contributed by atoms with E-state index in [1.54, 1.807) is 54.7 Å². The minimum atomic E-state index is -0.288. The number of hydrogen-bond acceptors (Lipinski definition) is 6. The van der Waals surface area contributed by atoms with Crippen LogP contribution >= 0.6 is 24.0 Å². The normalized spacial score (nSPS) is 13.2. The third kappa shape index (κ3) is 11.8. The van der Waals surface area contributed by atoms with Crippen LogP contribution in [0.5, 0.6) is 23.1 Å². The number of halogens is 3. The molecule has 1 aliphatic rings. The first-order valence-electron chi connectivity index (χ1n) is 17.6. The zero-order valence-electron chi connectivity index (χ0n) is 29.9. The largest absolute Gasteiger partial charge is 0.493 e. The molecule has 1 saturated heterocycles. The lowest BCUT2D eigenvalue weighted by Crippen LogP contribution is -2.47. The molecule has 53 heavy (non-hydrogen) atoms. The highest BCUT2D eigenvalue weighted by molar-refractivity contribution is 6.32. The molecule has 1 fully saturated rings. The summed E-state index contributed by atoms with van der Waals surface area (Å²) in [6.07, 6.45) is 5.77. The van der Waals surface area contributed by atoms with Crippen molar-refractivity contribution in [3.05, 3.63) is 154 Å². The molecule has 0 N–H and O–H groups in total. The van der Waals surface area contributed by atoms with E-state index in [2.05, 4.69) is 60.1 Å². The Morgan fingerprint density at radius 3 is 2.17 bits per heavy atom. The van der Waals surface area contributed by atoms with Gasteiger partial charge in [-0.2, -0.15) is 0 Å². The predicted molar refractivity (Wildman–Crippen MR) is 211 cm³/mol. The Labute approximate surface area is 322 Å². The molecule has 0 unspecified atom stereocenters. The fourth-order valence-corrected chi connectivity index (χ4v) is 6.01. The maximum atomic E-state index is 13.1. The predicted octanol–water partition coefficient (Wildman–Crippen LogP) is 9.77. The van der Waals surface area contributed by atoms with Crippen molar-refractivity contribution in [2.45, 2.75) is 39.3 Å². The number of benzene rings is 4. The molecule has 10 heteroatoms. The number of amides is 1. The molecule has 2 heterocycles. The summed E-state index contributed by atoms with van der Waals surface area (Å²) >= 11 is 6.51. The van der Waals surface area contributed by atoms with Crippen molar-refractivity contribution in [1.82, 2.24) is 14.8 Å². The van der Waals surface area contributed by atoms with Gasteiger partial charge in [0.2, 0.25) is 11.8 Å². The standard InChI is InChI=1S/C43H43ClFN3O4.ClH/c1-31(2)36-11-15-38(16-12-36)50-26-21-32-3-5-34(6-4-32)29-47-22-24-48(25-23-47)43(49)20-10-33-9-18-41(40(44)27-33)52-42-19-17-39(28-46-42)51-30-35-7-13-37(45)14-8-35;/h3-20,27-28,31H,21-26,29-30H2,1-2H3;1H. The highest BCUT2D eigenvalue weighted by Crippen LogP contribution is 2.30. The van der Waals surface area contributed by atoms with E-state index in [0.717, 1.165) is 42.9 Å². The van der Waals surface area contributed by atoms with Crippen LogP contribution in [0.3, 0.4) is 0 Å². The van der Waals surface area contributed by atoms with Crippen molar-refractivity contribution >= 4 is 36.0 Å². The second-order valence-electron chi connectivity index (χ2n) is 13.1. The Hall–Kier alpha value is -4.89. The Balaban J connectivity index is 0.00000541. The highest BCUT2D eigenvalue weighted by Gasteiger charge is 2.20. The van der Waals surface area contributed by atoms with E-state index in [0.29, 0.717) is 54.6 Å². The Morgan fingerprint density at radius 2 is 1.51 bits per heavy atom. The molecular formula is C43H44Cl2FN3O4. The van der Waals surface area contributed by atoms with Gasteiger partial charge in [-0.1, -0.05) is 80.0 Å². The highest BCUT2D eigenvalue weighted by atomic mass is 35.5. The second-order valence-corrected chi connectivity index (χ2v) is 13.5. The lowest BCUT2D eigenvalue weighted by Gasteiger charge is -2.34. The van der Waals surface area contributed by atoms with E-state index < -0.39 is 0 Å². The number of carbonyl (C=O) groups excluding carboxylic acids is 1. The smallest absolute Gasteiger partial charge is 0.246 e. The molecule has 5 aromatic rings. The van der Waals surface area contributed by atoms with Crippen LogP contribution in [0.15, 0.2) is 115 Å². The van der Waals surface area contributed by atoms with Gasteiger partial charge >= 0.3 is 0 Å². The molecule has 0 saturated carbocycles. The van der Waals surface area contributed by atoms with E-state index in [9.17, 15) is 9.18 Å². The monoisotopic (exact) mass is 755 g/mol. The summed E-state index contributed by atoms with van der Waals surface area (Å²) in [6.45, 7) is 9.16. The van der Waals surface area contributed by atoms with Gasteiger partial charge in [-0.05, 0) is 82.3 Å². The van der Waals surface area contributed by atoms with Crippen LogP contribution in [0.1, 0.15) is 47.6 Å². The Bertz CT molecular complexity index is 1930. The van der Waals surface area contributed by atoms with Crippen LogP contribution < -0.4 is 14.2 Å². The van der Waals surface area contributed by atoms with Crippen LogP contribution in [0, 0.1) is 5.82 Å². The lowest BCUT2D eigenvalue weighted by molar-refractivity contribution is -0.127. The van der Waals surface area contributed by atoms with Gasteiger partial charge in [0.25, 0.3) is 0 Å². The maximum absolute atomic E-state index is 13.1. The molecule has 276 valence electrons. The number of carbonyl (C=O) groups is 1. The SMILES string of the molecule is CC(C)c1ccc(OCCc2ccc(CN3CCN(C(=O)C=Cc4ccc(Oc5ccc(OCc6ccc(F)cc6)cn5)c(Cl)c4)CC3)cc2)cc1.Cl. The van der Waals surface area contributed by atoms with Gasteiger partial charge in [-0.25, -0.2) is 9.37 Å². The summed E-state index contributed by atoms with van der Waals surface area (Å²) in [5, 5.41) is 0.398. The lowest BCUT2D eigenvalue weighted by atomic mass is 10.0. The fourth-order valence-electron chi connectivity index (χ4n) is 5.78. The molecule has 1 amide bonds.